The predicted octanol–water partition coefficient (Wildman–Crippen LogP) is 2.03. The van der Waals surface area contributed by atoms with E-state index in [0.717, 1.165) is 54.0 Å². The summed E-state index contributed by atoms with van der Waals surface area (Å²) in [7, 11) is 1.92. The first-order valence-corrected chi connectivity index (χ1v) is 12.7. The zero-order valence-corrected chi connectivity index (χ0v) is 21.4. The standard InChI is InChI=1S/C27H34N8O2/c1-3-34(13-19-4-6-20(7-5-19)22-12-31-32(2)14-22)26-23-9-11-35(27(23)30-18-29-26)15-21-8-10-33(16-24(21)36)17-25(28)37/h4-7,9,11-12,14,18,21,24,36H,3,8,10,13,15-17H2,1-2H3,(H2,28,37)/t21?,24-/m0/s1. The molecule has 1 unspecified atom stereocenters. The number of aliphatic hydroxyl groups excluding tert-OH is 1. The van der Waals surface area contributed by atoms with Crippen LogP contribution in [0.3, 0.4) is 0 Å². The third kappa shape index (κ3) is 5.50. The molecule has 1 saturated heterocycles. The van der Waals surface area contributed by atoms with E-state index in [4.69, 9.17) is 5.73 Å². The third-order valence-corrected chi connectivity index (χ3v) is 7.20. The average Bonchev–Trinajstić information content (AvgIpc) is 3.50. The Hall–Kier alpha value is -3.76. The summed E-state index contributed by atoms with van der Waals surface area (Å²) in [4.78, 5) is 24.6. The van der Waals surface area contributed by atoms with Crippen LogP contribution in [-0.4, -0.2) is 72.5 Å². The van der Waals surface area contributed by atoms with Gasteiger partial charge in [-0.3, -0.25) is 14.4 Å². The van der Waals surface area contributed by atoms with Gasteiger partial charge in [0.15, 0.2) is 0 Å². The van der Waals surface area contributed by atoms with Crippen LogP contribution in [0, 0.1) is 5.92 Å². The highest BCUT2D eigenvalue weighted by Crippen LogP contribution is 2.28. The van der Waals surface area contributed by atoms with Crippen molar-refractivity contribution in [1.82, 2.24) is 29.2 Å². The minimum absolute atomic E-state index is 0.0822. The summed E-state index contributed by atoms with van der Waals surface area (Å²) < 4.78 is 3.91. The first kappa shape index (κ1) is 24.9. The Morgan fingerprint density at radius 2 is 2.00 bits per heavy atom. The van der Waals surface area contributed by atoms with Crippen molar-refractivity contribution in [3.05, 3.63) is 60.8 Å². The monoisotopic (exact) mass is 502 g/mol. The Morgan fingerprint density at radius 3 is 2.68 bits per heavy atom. The molecule has 2 atom stereocenters. The number of benzene rings is 1. The van der Waals surface area contributed by atoms with Gasteiger partial charge in [-0.05, 0) is 37.1 Å². The summed E-state index contributed by atoms with van der Waals surface area (Å²) in [6, 6.07) is 10.6. The highest BCUT2D eigenvalue weighted by molar-refractivity contribution is 5.87. The molecule has 1 aliphatic heterocycles. The first-order chi connectivity index (χ1) is 17.9. The van der Waals surface area contributed by atoms with Crippen LogP contribution in [-0.2, 0) is 24.9 Å². The van der Waals surface area contributed by atoms with Crippen LogP contribution in [0.5, 0.6) is 0 Å². The first-order valence-electron chi connectivity index (χ1n) is 12.7. The maximum Gasteiger partial charge on any atom is 0.231 e. The number of piperidine rings is 1. The second-order valence-corrected chi connectivity index (χ2v) is 9.83. The second kappa shape index (κ2) is 10.7. The number of aliphatic hydroxyl groups is 1. The molecule has 1 aliphatic rings. The maximum absolute atomic E-state index is 11.2. The fourth-order valence-electron chi connectivity index (χ4n) is 5.19. The van der Waals surface area contributed by atoms with Crippen LogP contribution in [0.2, 0.25) is 0 Å². The summed E-state index contributed by atoms with van der Waals surface area (Å²) in [6.45, 7) is 5.71. The number of rotatable bonds is 9. The van der Waals surface area contributed by atoms with E-state index in [1.807, 2.05) is 35.2 Å². The highest BCUT2D eigenvalue weighted by Gasteiger charge is 2.29. The lowest BCUT2D eigenvalue weighted by atomic mass is 9.93. The minimum atomic E-state index is -0.520. The van der Waals surface area contributed by atoms with Gasteiger partial charge in [-0.2, -0.15) is 5.10 Å². The van der Waals surface area contributed by atoms with Crippen molar-refractivity contribution in [2.45, 2.75) is 32.5 Å². The number of carbonyl (C=O) groups excluding carboxylic acids is 1. The van der Waals surface area contributed by atoms with E-state index in [-0.39, 0.29) is 18.4 Å². The molecular weight excluding hydrogens is 468 g/mol. The SMILES string of the molecule is CCN(Cc1ccc(-c2cnn(C)c2)cc1)c1ncnc2c1ccn2CC1CCN(CC(N)=O)C[C@@H]1O. The molecule has 1 aromatic carbocycles. The van der Waals surface area contributed by atoms with Crippen molar-refractivity contribution in [2.24, 2.45) is 18.7 Å². The topological polar surface area (TPSA) is 118 Å². The lowest BCUT2D eigenvalue weighted by molar-refractivity contribution is -0.120. The molecule has 0 spiro atoms. The molecule has 0 saturated carbocycles. The molecule has 0 radical (unpaired) electrons. The number of likely N-dealkylation sites (tertiary alicyclic amines) is 1. The molecule has 10 nitrogen and oxygen atoms in total. The zero-order chi connectivity index (χ0) is 25.9. The molecule has 0 bridgehead atoms. The Balaban J connectivity index is 1.31. The van der Waals surface area contributed by atoms with Gasteiger partial charge in [0.2, 0.25) is 5.91 Å². The lowest BCUT2D eigenvalue weighted by Gasteiger charge is -2.35. The average molecular weight is 503 g/mol. The summed E-state index contributed by atoms with van der Waals surface area (Å²) >= 11 is 0. The molecule has 3 N–H and O–H groups in total. The molecule has 4 heterocycles. The maximum atomic E-state index is 11.2. The molecule has 1 amide bonds. The zero-order valence-electron chi connectivity index (χ0n) is 21.4. The third-order valence-electron chi connectivity index (χ3n) is 7.20. The van der Waals surface area contributed by atoms with Crippen LogP contribution in [0.15, 0.2) is 55.2 Å². The van der Waals surface area contributed by atoms with Gasteiger partial charge < -0.3 is 20.3 Å². The molecule has 37 heavy (non-hydrogen) atoms. The van der Waals surface area contributed by atoms with Gasteiger partial charge in [-0.15, -0.1) is 0 Å². The Bertz CT molecular complexity index is 1360. The van der Waals surface area contributed by atoms with E-state index in [1.54, 1.807) is 6.33 Å². The Morgan fingerprint density at radius 1 is 1.19 bits per heavy atom. The smallest absolute Gasteiger partial charge is 0.231 e. The van der Waals surface area contributed by atoms with Gasteiger partial charge in [0.1, 0.15) is 17.8 Å². The molecule has 0 aliphatic carbocycles. The quantitative estimate of drug-likeness (QED) is 0.359. The Labute approximate surface area is 216 Å². The van der Waals surface area contributed by atoms with Crippen LogP contribution >= 0.6 is 0 Å². The number of primary amides is 1. The van der Waals surface area contributed by atoms with Crippen molar-refractivity contribution < 1.29 is 9.90 Å². The van der Waals surface area contributed by atoms with Crippen LogP contribution in [0.4, 0.5) is 5.82 Å². The second-order valence-electron chi connectivity index (χ2n) is 9.83. The summed E-state index contributed by atoms with van der Waals surface area (Å²) in [6.07, 6.45) is 7.81. The largest absolute Gasteiger partial charge is 0.391 e. The normalized spacial score (nSPS) is 18.4. The fourth-order valence-corrected chi connectivity index (χ4v) is 5.19. The summed E-state index contributed by atoms with van der Waals surface area (Å²) in [5.74, 6) is 0.620. The van der Waals surface area contributed by atoms with Gasteiger partial charge in [0.25, 0.3) is 0 Å². The number of amides is 1. The minimum Gasteiger partial charge on any atom is -0.391 e. The van der Waals surface area contributed by atoms with E-state index >= 15 is 0 Å². The number of carbonyl (C=O) groups is 1. The molecule has 3 aromatic heterocycles. The van der Waals surface area contributed by atoms with Crippen LogP contribution in [0.25, 0.3) is 22.2 Å². The van der Waals surface area contributed by atoms with Gasteiger partial charge in [0, 0.05) is 57.1 Å². The fraction of sp³-hybridized carbons (Fsp3) is 0.407. The van der Waals surface area contributed by atoms with E-state index in [2.05, 4.69) is 61.8 Å². The number of hydrogen-bond acceptors (Lipinski definition) is 7. The number of nitrogens with two attached hydrogens (primary N) is 1. The van der Waals surface area contributed by atoms with Crippen molar-refractivity contribution >= 4 is 22.8 Å². The van der Waals surface area contributed by atoms with Crippen LogP contribution in [0.1, 0.15) is 18.9 Å². The predicted molar refractivity (Wildman–Crippen MR) is 143 cm³/mol. The van der Waals surface area contributed by atoms with Crippen LogP contribution < -0.4 is 10.6 Å². The summed E-state index contributed by atoms with van der Waals surface area (Å²) in [5, 5.41) is 16.0. The molecular formula is C27H34N8O2. The number of anilines is 1. The van der Waals surface area contributed by atoms with Gasteiger partial charge in [-0.1, -0.05) is 24.3 Å². The van der Waals surface area contributed by atoms with Crippen molar-refractivity contribution in [1.29, 1.82) is 0 Å². The van der Waals surface area contributed by atoms with E-state index in [0.29, 0.717) is 13.1 Å². The van der Waals surface area contributed by atoms with E-state index < -0.39 is 6.10 Å². The van der Waals surface area contributed by atoms with Gasteiger partial charge in [-0.25, -0.2) is 9.97 Å². The molecule has 4 aromatic rings. The van der Waals surface area contributed by atoms with Crippen molar-refractivity contribution in [2.75, 3.05) is 31.1 Å². The number of hydrogen-bond donors (Lipinski definition) is 2. The molecule has 1 fully saturated rings. The number of aryl methyl sites for hydroxylation is 1. The van der Waals surface area contributed by atoms with Crippen molar-refractivity contribution in [3.8, 4) is 11.1 Å². The van der Waals surface area contributed by atoms with E-state index in [9.17, 15) is 9.90 Å². The number of nitrogens with zero attached hydrogens (tertiary/aromatic N) is 7. The number of fused-ring (bicyclic) bond motifs is 1. The van der Waals surface area contributed by atoms with Gasteiger partial charge in [0.05, 0.1) is 24.2 Å². The molecule has 194 valence electrons. The van der Waals surface area contributed by atoms with E-state index in [1.165, 1.54) is 5.56 Å². The van der Waals surface area contributed by atoms with Gasteiger partial charge >= 0.3 is 0 Å². The molecule has 5 rings (SSSR count). The Kier molecular flexibility index (Phi) is 7.20. The molecule has 10 heteroatoms. The number of aromatic nitrogens is 5. The lowest BCUT2D eigenvalue weighted by Crippen LogP contribution is -2.47. The highest BCUT2D eigenvalue weighted by atomic mass is 16.3. The summed E-state index contributed by atoms with van der Waals surface area (Å²) in [5.41, 5.74) is 9.62. The van der Waals surface area contributed by atoms with Crippen molar-refractivity contribution in [3.63, 3.8) is 0 Å². The number of β-amino-alcohol motifs (C(OH)–C–C–N with tert-alkyl or cyclic N) is 1.